The van der Waals surface area contributed by atoms with Crippen molar-refractivity contribution < 1.29 is 9.66 Å². The highest BCUT2D eigenvalue weighted by atomic mass is 35.5. The average Bonchev–Trinajstić information content (AvgIpc) is 2.49. The van der Waals surface area contributed by atoms with E-state index in [1.807, 2.05) is 6.92 Å². The maximum atomic E-state index is 11.1. The summed E-state index contributed by atoms with van der Waals surface area (Å²) in [6, 6.07) is 9.98. The molecule has 0 saturated carbocycles. The first-order valence-electron chi connectivity index (χ1n) is 6.34. The van der Waals surface area contributed by atoms with E-state index in [-0.39, 0.29) is 11.4 Å². The topological polar surface area (TPSA) is 52.4 Å². The molecule has 0 N–H and O–H groups in total. The molecule has 0 unspecified atom stereocenters. The Morgan fingerprint density at radius 1 is 1.14 bits per heavy atom. The number of nitrogens with zero attached hydrogens (tertiary/aromatic N) is 1. The molecule has 6 heteroatoms. The van der Waals surface area contributed by atoms with Gasteiger partial charge in [0.05, 0.1) is 9.95 Å². The van der Waals surface area contributed by atoms with Crippen molar-refractivity contribution in [3.63, 3.8) is 0 Å². The van der Waals surface area contributed by atoms with Gasteiger partial charge in [-0.05, 0) is 35.7 Å². The summed E-state index contributed by atoms with van der Waals surface area (Å²) in [5, 5.41) is 11.5. The zero-order valence-corrected chi connectivity index (χ0v) is 12.8. The zero-order valence-electron chi connectivity index (χ0n) is 11.3. The van der Waals surface area contributed by atoms with Crippen LogP contribution in [-0.4, -0.2) is 4.92 Å². The number of alkyl halides is 1. The van der Waals surface area contributed by atoms with Gasteiger partial charge in [-0.3, -0.25) is 10.1 Å². The number of hydrogen-bond donors (Lipinski definition) is 0. The second kappa shape index (κ2) is 6.78. The van der Waals surface area contributed by atoms with Crippen LogP contribution in [0, 0.1) is 10.1 Å². The molecule has 0 spiro atoms. The largest absolute Gasteiger partial charge is 0.449 e. The highest BCUT2D eigenvalue weighted by Crippen LogP contribution is 2.36. The van der Waals surface area contributed by atoms with Crippen LogP contribution < -0.4 is 4.74 Å². The second-order valence-corrected chi connectivity index (χ2v) is 5.09. The van der Waals surface area contributed by atoms with Gasteiger partial charge in [0, 0.05) is 11.9 Å². The standard InChI is InChI=1S/C15H13Cl2NO3/c1-2-10-3-6-15(13(8-10)18(19)20)21-14-5-4-11(9-16)7-12(14)17/h3-8H,2,9H2,1H3. The van der Waals surface area contributed by atoms with E-state index >= 15 is 0 Å². The van der Waals surface area contributed by atoms with Crippen LogP contribution in [-0.2, 0) is 12.3 Å². The van der Waals surface area contributed by atoms with E-state index in [1.54, 1.807) is 30.3 Å². The average molecular weight is 326 g/mol. The van der Waals surface area contributed by atoms with Crippen molar-refractivity contribution in [2.24, 2.45) is 0 Å². The fraction of sp³-hybridized carbons (Fsp3) is 0.200. The van der Waals surface area contributed by atoms with E-state index in [0.29, 0.717) is 23.1 Å². The van der Waals surface area contributed by atoms with Crippen molar-refractivity contribution >= 4 is 28.9 Å². The Hall–Kier alpha value is -1.78. The van der Waals surface area contributed by atoms with Crippen molar-refractivity contribution in [2.75, 3.05) is 0 Å². The van der Waals surface area contributed by atoms with Gasteiger partial charge >= 0.3 is 5.69 Å². The third-order valence-electron chi connectivity index (χ3n) is 3.00. The normalized spacial score (nSPS) is 10.4. The minimum absolute atomic E-state index is 0.0770. The molecule has 0 aliphatic rings. The summed E-state index contributed by atoms with van der Waals surface area (Å²) in [5.74, 6) is 0.862. The van der Waals surface area contributed by atoms with E-state index < -0.39 is 4.92 Å². The number of ether oxygens (including phenoxy) is 1. The summed E-state index contributed by atoms with van der Waals surface area (Å²) in [7, 11) is 0. The predicted octanol–water partition coefficient (Wildman–Crippen LogP) is 5.34. The second-order valence-electron chi connectivity index (χ2n) is 4.41. The Morgan fingerprint density at radius 3 is 2.38 bits per heavy atom. The number of halogens is 2. The minimum Gasteiger partial charge on any atom is -0.449 e. The van der Waals surface area contributed by atoms with E-state index in [0.717, 1.165) is 11.1 Å². The lowest BCUT2D eigenvalue weighted by Crippen LogP contribution is -1.95. The van der Waals surface area contributed by atoms with Crippen LogP contribution in [0.3, 0.4) is 0 Å². The molecule has 0 bridgehead atoms. The molecule has 0 aliphatic carbocycles. The maximum Gasteiger partial charge on any atom is 0.311 e. The molecule has 4 nitrogen and oxygen atoms in total. The first kappa shape index (κ1) is 15.6. The third kappa shape index (κ3) is 3.65. The van der Waals surface area contributed by atoms with Crippen molar-refractivity contribution in [3.05, 3.63) is 62.7 Å². The molecule has 2 aromatic carbocycles. The maximum absolute atomic E-state index is 11.1. The monoisotopic (exact) mass is 325 g/mol. The summed E-state index contributed by atoms with van der Waals surface area (Å²) >= 11 is 11.8. The van der Waals surface area contributed by atoms with Gasteiger partial charge in [0.15, 0.2) is 0 Å². The Balaban J connectivity index is 2.37. The van der Waals surface area contributed by atoms with Crippen molar-refractivity contribution in [2.45, 2.75) is 19.2 Å². The van der Waals surface area contributed by atoms with E-state index in [9.17, 15) is 10.1 Å². The van der Waals surface area contributed by atoms with E-state index in [1.165, 1.54) is 6.07 Å². The molecule has 0 amide bonds. The predicted molar refractivity (Wildman–Crippen MR) is 83.6 cm³/mol. The first-order chi connectivity index (χ1) is 10.0. The van der Waals surface area contributed by atoms with Crippen LogP contribution >= 0.6 is 23.2 Å². The quantitative estimate of drug-likeness (QED) is 0.423. The zero-order chi connectivity index (χ0) is 15.4. The SMILES string of the molecule is CCc1ccc(Oc2ccc(CCl)cc2Cl)c([N+](=O)[O-])c1. The third-order valence-corrected chi connectivity index (χ3v) is 3.60. The Kier molecular flexibility index (Phi) is 5.04. The molecule has 0 atom stereocenters. The van der Waals surface area contributed by atoms with Gasteiger partial charge in [0.2, 0.25) is 5.75 Å². The number of nitro groups is 1. The van der Waals surface area contributed by atoms with E-state index in [4.69, 9.17) is 27.9 Å². The van der Waals surface area contributed by atoms with Crippen molar-refractivity contribution in [1.82, 2.24) is 0 Å². The molecular weight excluding hydrogens is 313 g/mol. The summed E-state index contributed by atoms with van der Waals surface area (Å²) in [4.78, 5) is 10.7. The first-order valence-corrected chi connectivity index (χ1v) is 7.26. The van der Waals surface area contributed by atoms with Crippen LogP contribution in [0.25, 0.3) is 0 Å². The molecule has 2 aromatic rings. The summed E-state index contributed by atoms with van der Waals surface area (Å²) in [6.07, 6.45) is 0.715. The number of rotatable bonds is 5. The molecule has 0 radical (unpaired) electrons. The summed E-state index contributed by atoms with van der Waals surface area (Å²) < 4.78 is 5.58. The van der Waals surface area contributed by atoms with Gasteiger partial charge in [-0.1, -0.05) is 30.7 Å². The van der Waals surface area contributed by atoms with Crippen molar-refractivity contribution in [1.29, 1.82) is 0 Å². The van der Waals surface area contributed by atoms with Crippen LogP contribution in [0.1, 0.15) is 18.1 Å². The Bertz CT molecular complexity index is 674. The van der Waals surface area contributed by atoms with Crippen LogP contribution in [0.15, 0.2) is 36.4 Å². The molecule has 110 valence electrons. The van der Waals surface area contributed by atoms with Gasteiger partial charge in [-0.15, -0.1) is 11.6 Å². The number of nitro benzene ring substituents is 1. The van der Waals surface area contributed by atoms with Crippen LogP contribution in [0.5, 0.6) is 11.5 Å². The molecule has 0 fully saturated rings. The Morgan fingerprint density at radius 2 is 1.81 bits per heavy atom. The smallest absolute Gasteiger partial charge is 0.311 e. The van der Waals surface area contributed by atoms with Gasteiger partial charge in [-0.25, -0.2) is 0 Å². The molecular formula is C15H13Cl2NO3. The van der Waals surface area contributed by atoms with Crippen molar-refractivity contribution in [3.8, 4) is 11.5 Å². The number of aryl methyl sites for hydroxylation is 1. The highest BCUT2D eigenvalue weighted by molar-refractivity contribution is 6.32. The fourth-order valence-electron chi connectivity index (χ4n) is 1.84. The molecule has 0 aliphatic heterocycles. The number of hydrogen-bond acceptors (Lipinski definition) is 3. The fourth-order valence-corrected chi connectivity index (χ4v) is 2.25. The van der Waals surface area contributed by atoms with Crippen LogP contribution in [0.4, 0.5) is 5.69 Å². The number of benzene rings is 2. The van der Waals surface area contributed by atoms with Gasteiger partial charge < -0.3 is 4.74 Å². The molecule has 21 heavy (non-hydrogen) atoms. The lowest BCUT2D eigenvalue weighted by atomic mass is 10.1. The molecule has 0 heterocycles. The molecule has 0 aromatic heterocycles. The highest BCUT2D eigenvalue weighted by Gasteiger charge is 2.17. The Labute approximate surface area is 132 Å². The van der Waals surface area contributed by atoms with Crippen LogP contribution in [0.2, 0.25) is 5.02 Å². The summed E-state index contributed by atoms with van der Waals surface area (Å²) in [6.45, 7) is 1.93. The minimum atomic E-state index is -0.463. The summed E-state index contributed by atoms with van der Waals surface area (Å²) in [5.41, 5.74) is 1.65. The van der Waals surface area contributed by atoms with Gasteiger partial charge in [-0.2, -0.15) is 0 Å². The molecule has 0 saturated heterocycles. The molecule has 2 rings (SSSR count). The van der Waals surface area contributed by atoms with Gasteiger partial charge in [0.25, 0.3) is 0 Å². The lowest BCUT2D eigenvalue weighted by Gasteiger charge is -2.09. The lowest BCUT2D eigenvalue weighted by molar-refractivity contribution is -0.385. The van der Waals surface area contributed by atoms with E-state index in [2.05, 4.69) is 0 Å². The van der Waals surface area contributed by atoms with Gasteiger partial charge in [0.1, 0.15) is 5.75 Å².